The monoisotopic (exact) mass is 512 g/mol. The molecule has 8 nitrogen and oxygen atoms in total. The van der Waals surface area contributed by atoms with Crippen LogP contribution in [0, 0.1) is 0 Å². The number of hydrogen-bond donors (Lipinski definition) is 1. The molecular weight excluding hydrogens is 484 g/mol. The molecule has 0 fully saturated rings. The van der Waals surface area contributed by atoms with E-state index in [-0.39, 0.29) is 31.2 Å². The van der Waals surface area contributed by atoms with E-state index in [0.29, 0.717) is 39.4 Å². The molecule has 36 heavy (non-hydrogen) atoms. The van der Waals surface area contributed by atoms with Crippen LogP contribution in [0.1, 0.15) is 18.4 Å². The zero-order chi connectivity index (χ0) is 26.1. The molecule has 0 heterocycles. The fourth-order valence-corrected chi connectivity index (χ4v) is 3.80. The Bertz CT molecular complexity index is 1170. The van der Waals surface area contributed by atoms with Crippen LogP contribution in [-0.2, 0) is 16.1 Å². The number of hydrogen-bond acceptors (Lipinski definition) is 6. The Balaban J connectivity index is 1.85. The summed E-state index contributed by atoms with van der Waals surface area (Å²) < 4.78 is 21.6. The molecule has 0 saturated carbocycles. The summed E-state index contributed by atoms with van der Waals surface area (Å²) in [6.45, 7) is 0.261. The van der Waals surface area contributed by atoms with Crippen molar-refractivity contribution in [2.24, 2.45) is 0 Å². The Hall–Kier alpha value is -3.91. The number of nitrogens with zero attached hydrogens (tertiary/aromatic N) is 1. The van der Waals surface area contributed by atoms with Crippen molar-refractivity contribution >= 4 is 34.8 Å². The molecule has 0 aliphatic rings. The van der Waals surface area contributed by atoms with Gasteiger partial charge in [-0.1, -0.05) is 29.8 Å². The fourth-order valence-electron chi connectivity index (χ4n) is 3.61. The van der Waals surface area contributed by atoms with Gasteiger partial charge in [-0.25, -0.2) is 0 Å². The van der Waals surface area contributed by atoms with E-state index < -0.39 is 0 Å². The maximum atomic E-state index is 13.4. The highest BCUT2D eigenvalue weighted by Gasteiger charge is 2.22. The number of halogens is 1. The summed E-state index contributed by atoms with van der Waals surface area (Å²) in [5.41, 5.74) is 1.99. The minimum atomic E-state index is -0.292. The second kappa shape index (κ2) is 12.7. The Morgan fingerprint density at radius 3 is 2.06 bits per heavy atom. The van der Waals surface area contributed by atoms with Crippen molar-refractivity contribution in [3.05, 3.63) is 71.2 Å². The summed E-state index contributed by atoms with van der Waals surface area (Å²) in [5.74, 6) is 1.42. The highest BCUT2D eigenvalue weighted by atomic mass is 35.5. The van der Waals surface area contributed by atoms with Gasteiger partial charge in [0, 0.05) is 35.7 Å². The van der Waals surface area contributed by atoms with Crippen LogP contribution >= 0.6 is 11.6 Å². The summed E-state index contributed by atoms with van der Waals surface area (Å²) in [7, 11) is 6.13. The number of ether oxygens (including phenoxy) is 4. The van der Waals surface area contributed by atoms with Gasteiger partial charge in [0.25, 0.3) is 0 Å². The molecule has 190 valence electrons. The van der Waals surface area contributed by atoms with Crippen LogP contribution in [0.4, 0.5) is 11.4 Å². The van der Waals surface area contributed by atoms with Crippen molar-refractivity contribution in [3.63, 3.8) is 0 Å². The van der Waals surface area contributed by atoms with Crippen LogP contribution in [0.25, 0.3) is 0 Å². The van der Waals surface area contributed by atoms with Gasteiger partial charge in [-0.15, -0.1) is 0 Å². The van der Waals surface area contributed by atoms with E-state index in [4.69, 9.17) is 30.5 Å². The summed E-state index contributed by atoms with van der Waals surface area (Å²) >= 11 is 5.98. The summed E-state index contributed by atoms with van der Waals surface area (Å²) in [4.78, 5) is 27.5. The SMILES string of the molecule is COc1ccc(CN(C(=O)CCC(=O)Nc2cccc(Cl)c2)c2cc(OC)c(OC)c(OC)c2)cc1. The first kappa shape index (κ1) is 26.7. The maximum Gasteiger partial charge on any atom is 0.227 e. The largest absolute Gasteiger partial charge is 0.497 e. The number of carbonyl (C=O) groups excluding carboxylic acids is 2. The molecule has 9 heteroatoms. The number of methoxy groups -OCH3 is 4. The molecule has 0 saturated heterocycles. The van der Waals surface area contributed by atoms with Crippen molar-refractivity contribution in [1.29, 1.82) is 0 Å². The average Bonchev–Trinajstić information content (AvgIpc) is 2.89. The minimum absolute atomic E-state index is 0.00508. The molecule has 0 radical (unpaired) electrons. The molecule has 3 aromatic carbocycles. The molecule has 2 amide bonds. The lowest BCUT2D eigenvalue weighted by molar-refractivity contribution is -0.122. The van der Waals surface area contributed by atoms with E-state index in [0.717, 1.165) is 5.56 Å². The second-order valence-electron chi connectivity index (χ2n) is 7.77. The molecule has 1 N–H and O–H groups in total. The number of nitrogens with one attached hydrogen (secondary N) is 1. The fraction of sp³-hybridized carbons (Fsp3) is 0.259. The van der Waals surface area contributed by atoms with Crippen molar-refractivity contribution in [3.8, 4) is 23.0 Å². The third-order valence-corrected chi connectivity index (χ3v) is 5.67. The van der Waals surface area contributed by atoms with Crippen LogP contribution in [0.3, 0.4) is 0 Å². The van der Waals surface area contributed by atoms with Gasteiger partial charge in [0.15, 0.2) is 11.5 Å². The van der Waals surface area contributed by atoms with Gasteiger partial charge in [-0.05, 0) is 35.9 Å². The molecule has 0 aliphatic heterocycles. The summed E-state index contributed by atoms with van der Waals surface area (Å²) in [5, 5.41) is 3.28. The van der Waals surface area contributed by atoms with Crippen LogP contribution in [-0.4, -0.2) is 40.3 Å². The van der Waals surface area contributed by atoms with Gasteiger partial charge in [-0.3, -0.25) is 9.59 Å². The summed E-state index contributed by atoms with van der Waals surface area (Å²) in [6, 6.07) is 17.6. The molecule has 0 aromatic heterocycles. The lowest BCUT2D eigenvalue weighted by atomic mass is 10.1. The Morgan fingerprint density at radius 1 is 0.833 bits per heavy atom. The van der Waals surface area contributed by atoms with Crippen LogP contribution < -0.4 is 29.2 Å². The van der Waals surface area contributed by atoms with Gasteiger partial charge in [0.1, 0.15) is 5.75 Å². The number of benzene rings is 3. The predicted molar refractivity (Wildman–Crippen MR) is 140 cm³/mol. The van der Waals surface area contributed by atoms with Gasteiger partial charge in [0.05, 0.1) is 40.7 Å². The van der Waals surface area contributed by atoms with Crippen molar-refractivity contribution < 1.29 is 28.5 Å². The highest BCUT2D eigenvalue weighted by molar-refractivity contribution is 6.30. The first-order chi connectivity index (χ1) is 17.4. The number of rotatable bonds is 11. The first-order valence-electron chi connectivity index (χ1n) is 11.2. The number of anilines is 2. The standard InChI is InChI=1S/C27H29ClN2O6/c1-33-22-10-8-18(9-11-22)17-30(21-15-23(34-2)27(36-4)24(16-21)35-3)26(32)13-12-25(31)29-20-7-5-6-19(28)14-20/h5-11,14-16H,12-13,17H2,1-4H3,(H,29,31). The van der Waals surface area contributed by atoms with Gasteiger partial charge in [0.2, 0.25) is 17.6 Å². The average molecular weight is 513 g/mol. The van der Waals surface area contributed by atoms with Crippen molar-refractivity contribution in [1.82, 2.24) is 0 Å². The zero-order valence-corrected chi connectivity index (χ0v) is 21.4. The molecule has 0 bridgehead atoms. The lowest BCUT2D eigenvalue weighted by Crippen LogP contribution is -2.31. The highest BCUT2D eigenvalue weighted by Crippen LogP contribution is 2.41. The van der Waals surface area contributed by atoms with E-state index in [2.05, 4.69) is 5.32 Å². The van der Waals surface area contributed by atoms with Crippen LogP contribution in [0.2, 0.25) is 5.02 Å². The second-order valence-corrected chi connectivity index (χ2v) is 8.21. The summed E-state index contributed by atoms with van der Waals surface area (Å²) in [6.07, 6.45) is -0.0197. The lowest BCUT2D eigenvalue weighted by Gasteiger charge is -2.25. The van der Waals surface area contributed by atoms with Gasteiger partial charge < -0.3 is 29.2 Å². The Kier molecular flexibility index (Phi) is 9.41. The quantitative estimate of drug-likeness (QED) is 0.374. The molecule has 3 aromatic rings. The van der Waals surface area contributed by atoms with Gasteiger partial charge in [-0.2, -0.15) is 0 Å². The third kappa shape index (κ3) is 6.82. The third-order valence-electron chi connectivity index (χ3n) is 5.44. The molecule has 0 unspecified atom stereocenters. The minimum Gasteiger partial charge on any atom is -0.497 e. The van der Waals surface area contributed by atoms with Gasteiger partial charge >= 0.3 is 0 Å². The Morgan fingerprint density at radius 2 is 1.50 bits per heavy atom. The first-order valence-corrected chi connectivity index (χ1v) is 11.5. The smallest absolute Gasteiger partial charge is 0.227 e. The van der Waals surface area contributed by atoms with Crippen molar-refractivity contribution in [2.45, 2.75) is 19.4 Å². The van der Waals surface area contributed by atoms with E-state index in [1.807, 2.05) is 24.3 Å². The molecule has 0 aliphatic carbocycles. The Labute approximate surface area is 215 Å². The van der Waals surface area contributed by atoms with E-state index in [1.54, 1.807) is 48.4 Å². The molecular formula is C27H29ClN2O6. The van der Waals surface area contributed by atoms with Crippen LogP contribution in [0.15, 0.2) is 60.7 Å². The molecule has 0 spiro atoms. The normalized spacial score (nSPS) is 10.4. The molecule has 0 atom stereocenters. The number of amides is 2. The number of carbonyl (C=O) groups is 2. The van der Waals surface area contributed by atoms with E-state index >= 15 is 0 Å². The van der Waals surface area contributed by atoms with Crippen LogP contribution in [0.5, 0.6) is 23.0 Å². The maximum absolute atomic E-state index is 13.4. The predicted octanol–water partition coefficient (Wildman–Crippen LogP) is 5.33. The van der Waals surface area contributed by atoms with Crippen molar-refractivity contribution in [2.75, 3.05) is 38.7 Å². The molecule has 3 rings (SSSR count). The zero-order valence-electron chi connectivity index (χ0n) is 20.7. The topological polar surface area (TPSA) is 86.3 Å². The van der Waals surface area contributed by atoms with E-state index in [9.17, 15) is 9.59 Å². The van der Waals surface area contributed by atoms with E-state index in [1.165, 1.54) is 21.3 Å².